The molecule has 2 aromatic carbocycles. The molecule has 0 atom stereocenters. The number of nitrogens with zero attached hydrogens (tertiary/aromatic N) is 1. The van der Waals surface area contributed by atoms with Gasteiger partial charge in [-0.15, -0.1) is 0 Å². The number of nitrogens with one attached hydrogen (secondary N) is 1. The number of halogens is 1. The molecule has 4 nitrogen and oxygen atoms in total. The summed E-state index contributed by atoms with van der Waals surface area (Å²) in [6.07, 6.45) is 3.46. The van der Waals surface area contributed by atoms with Crippen molar-refractivity contribution in [2.45, 2.75) is 0 Å². The van der Waals surface area contributed by atoms with E-state index in [2.05, 4.69) is 26.2 Å². The van der Waals surface area contributed by atoms with Gasteiger partial charge in [0.05, 0.1) is 5.56 Å². The molecule has 0 unspecified atom stereocenters. The van der Waals surface area contributed by atoms with E-state index in [0.29, 0.717) is 11.3 Å². The van der Waals surface area contributed by atoms with Crippen molar-refractivity contribution >= 4 is 44.0 Å². The highest BCUT2D eigenvalue weighted by molar-refractivity contribution is 9.10. The van der Waals surface area contributed by atoms with Crippen molar-refractivity contribution in [3.05, 3.63) is 64.9 Å². The molecule has 5 heteroatoms. The molecule has 0 aliphatic rings. The van der Waals surface area contributed by atoms with Gasteiger partial charge in [-0.3, -0.25) is 9.78 Å². The average molecular weight is 342 g/mol. The highest BCUT2D eigenvalue weighted by atomic mass is 79.9. The van der Waals surface area contributed by atoms with E-state index >= 15 is 0 Å². The van der Waals surface area contributed by atoms with Crippen LogP contribution in [0.2, 0.25) is 0 Å². The van der Waals surface area contributed by atoms with Crippen LogP contribution < -0.4 is 11.1 Å². The summed E-state index contributed by atoms with van der Waals surface area (Å²) in [6, 6.07) is 12.8. The van der Waals surface area contributed by atoms with Gasteiger partial charge in [-0.2, -0.15) is 0 Å². The van der Waals surface area contributed by atoms with Crippen LogP contribution in [0.3, 0.4) is 0 Å². The lowest BCUT2D eigenvalue weighted by Gasteiger charge is -2.10. The number of carbonyl (C=O) groups excluding carboxylic acids is 1. The SMILES string of the molecule is Nc1ccc(Br)cc1C(=O)Nc1cccc2cnccc12. The molecule has 3 aromatic rings. The quantitative estimate of drug-likeness (QED) is 0.696. The molecule has 1 aromatic heterocycles. The predicted molar refractivity (Wildman–Crippen MR) is 88.3 cm³/mol. The zero-order valence-electron chi connectivity index (χ0n) is 11.0. The number of benzene rings is 2. The average Bonchev–Trinajstić information content (AvgIpc) is 2.50. The summed E-state index contributed by atoms with van der Waals surface area (Å²) < 4.78 is 0.809. The van der Waals surface area contributed by atoms with Crippen molar-refractivity contribution in [3.8, 4) is 0 Å². The summed E-state index contributed by atoms with van der Waals surface area (Å²) in [6.45, 7) is 0. The van der Waals surface area contributed by atoms with Crippen LogP contribution in [0.15, 0.2) is 59.3 Å². The second-order valence-electron chi connectivity index (χ2n) is 4.59. The van der Waals surface area contributed by atoms with E-state index in [4.69, 9.17) is 5.73 Å². The number of nitrogen functional groups attached to an aromatic ring is 1. The Hall–Kier alpha value is -2.40. The van der Waals surface area contributed by atoms with Gasteiger partial charge in [0.1, 0.15) is 0 Å². The van der Waals surface area contributed by atoms with Gasteiger partial charge >= 0.3 is 0 Å². The Balaban J connectivity index is 1.99. The van der Waals surface area contributed by atoms with Crippen LogP contribution in [-0.2, 0) is 0 Å². The Morgan fingerprint density at radius 2 is 2.05 bits per heavy atom. The van der Waals surface area contributed by atoms with E-state index in [1.54, 1.807) is 30.6 Å². The fourth-order valence-electron chi connectivity index (χ4n) is 2.15. The van der Waals surface area contributed by atoms with Crippen LogP contribution in [0.1, 0.15) is 10.4 Å². The van der Waals surface area contributed by atoms with Crippen molar-refractivity contribution in [1.82, 2.24) is 4.98 Å². The zero-order valence-corrected chi connectivity index (χ0v) is 12.6. The second kappa shape index (κ2) is 5.54. The molecule has 1 amide bonds. The van der Waals surface area contributed by atoms with E-state index in [9.17, 15) is 4.79 Å². The van der Waals surface area contributed by atoms with E-state index in [0.717, 1.165) is 20.9 Å². The van der Waals surface area contributed by atoms with Gasteiger partial charge in [-0.25, -0.2) is 0 Å². The van der Waals surface area contributed by atoms with E-state index in [-0.39, 0.29) is 5.91 Å². The largest absolute Gasteiger partial charge is 0.398 e. The van der Waals surface area contributed by atoms with Crippen LogP contribution in [0, 0.1) is 0 Å². The van der Waals surface area contributed by atoms with Crippen LogP contribution in [0.4, 0.5) is 11.4 Å². The Morgan fingerprint density at radius 3 is 2.90 bits per heavy atom. The third-order valence-corrected chi connectivity index (χ3v) is 3.68. The van der Waals surface area contributed by atoms with Crippen molar-refractivity contribution < 1.29 is 4.79 Å². The number of rotatable bonds is 2. The first-order valence-corrected chi connectivity index (χ1v) is 7.13. The number of anilines is 2. The first-order chi connectivity index (χ1) is 10.1. The van der Waals surface area contributed by atoms with Crippen LogP contribution >= 0.6 is 15.9 Å². The van der Waals surface area contributed by atoms with Gasteiger partial charge in [0.2, 0.25) is 0 Å². The summed E-state index contributed by atoms with van der Waals surface area (Å²) in [5.41, 5.74) is 7.48. The minimum absolute atomic E-state index is 0.238. The Labute approximate surface area is 130 Å². The second-order valence-corrected chi connectivity index (χ2v) is 5.50. The lowest BCUT2D eigenvalue weighted by molar-refractivity contribution is 0.102. The van der Waals surface area contributed by atoms with Crippen LogP contribution in [0.25, 0.3) is 10.8 Å². The molecule has 3 N–H and O–H groups in total. The third kappa shape index (κ3) is 2.73. The van der Waals surface area contributed by atoms with Gasteiger partial charge in [0, 0.05) is 39.0 Å². The van der Waals surface area contributed by atoms with Gasteiger partial charge < -0.3 is 11.1 Å². The molecule has 0 radical (unpaired) electrons. The fourth-order valence-corrected chi connectivity index (χ4v) is 2.51. The van der Waals surface area contributed by atoms with E-state index in [1.165, 1.54) is 0 Å². The van der Waals surface area contributed by atoms with Crippen molar-refractivity contribution in [2.24, 2.45) is 0 Å². The summed E-state index contributed by atoms with van der Waals surface area (Å²) in [5, 5.41) is 4.81. The standard InChI is InChI=1S/C16H12BrN3O/c17-11-4-5-14(18)13(8-11)16(21)20-15-3-1-2-10-9-19-7-6-12(10)15/h1-9H,18H2,(H,20,21). The molecular formula is C16H12BrN3O. The van der Waals surface area contributed by atoms with Crippen molar-refractivity contribution in [1.29, 1.82) is 0 Å². The van der Waals surface area contributed by atoms with Crippen molar-refractivity contribution in [3.63, 3.8) is 0 Å². The molecule has 0 fully saturated rings. The smallest absolute Gasteiger partial charge is 0.257 e. The molecule has 0 saturated carbocycles. The zero-order chi connectivity index (χ0) is 14.8. The molecule has 0 bridgehead atoms. The van der Waals surface area contributed by atoms with Crippen molar-refractivity contribution in [2.75, 3.05) is 11.1 Å². The summed E-state index contributed by atoms with van der Waals surface area (Å²) in [4.78, 5) is 16.5. The lowest BCUT2D eigenvalue weighted by Crippen LogP contribution is -2.14. The maximum absolute atomic E-state index is 12.4. The third-order valence-electron chi connectivity index (χ3n) is 3.19. The maximum atomic E-state index is 12.4. The molecule has 0 saturated heterocycles. The number of hydrogen-bond donors (Lipinski definition) is 2. The highest BCUT2D eigenvalue weighted by Crippen LogP contribution is 2.24. The predicted octanol–water partition coefficient (Wildman–Crippen LogP) is 3.83. The molecule has 1 heterocycles. The normalized spacial score (nSPS) is 10.5. The van der Waals surface area contributed by atoms with E-state index in [1.807, 2.05) is 24.3 Å². The summed E-state index contributed by atoms with van der Waals surface area (Å²) >= 11 is 3.35. The minimum atomic E-state index is -0.238. The minimum Gasteiger partial charge on any atom is -0.398 e. The molecule has 3 rings (SSSR count). The molecule has 104 valence electrons. The van der Waals surface area contributed by atoms with Gasteiger partial charge in [0.25, 0.3) is 5.91 Å². The highest BCUT2D eigenvalue weighted by Gasteiger charge is 2.12. The molecule has 21 heavy (non-hydrogen) atoms. The number of carbonyl (C=O) groups is 1. The van der Waals surface area contributed by atoms with Gasteiger partial charge in [-0.1, -0.05) is 28.1 Å². The number of fused-ring (bicyclic) bond motifs is 1. The van der Waals surface area contributed by atoms with Gasteiger partial charge in [-0.05, 0) is 30.3 Å². The number of amides is 1. The molecular weight excluding hydrogens is 330 g/mol. The number of hydrogen-bond acceptors (Lipinski definition) is 3. The Morgan fingerprint density at radius 1 is 1.19 bits per heavy atom. The number of aromatic nitrogens is 1. The Kier molecular flexibility index (Phi) is 3.58. The first kappa shape index (κ1) is 13.6. The fraction of sp³-hybridized carbons (Fsp3) is 0. The first-order valence-electron chi connectivity index (χ1n) is 6.34. The number of pyridine rings is 1. The molecule has 0 aliphatic carbocycles. The molecule has 0 aliphatic heterocycles. The monoisotopic (exact) mass is 341 g/mol. The summed E-state index contributed by atoms with van der Waals surface area (Å²) in [5.74, 6) is -0.238. The van der Waals surface area contributed by atoms with Crippen LogP contribution in [0.5, 0.6) is 0 Å². The Bertz CT molecular complexity index is 827. The lowest BCUT2D eigenvalue weighted by atomic mass is 10.1. The number of nitrogens with two attached hydrogens (primary N) is 1. The van der Waals surface area contributed by atoms with E-state index < -0.39 is 0 Å². The summed E-state index contributed by atoms with van der Waals surface area (Å²) in [7, 11) is 0. The van der Waals surface area contributed by atoms with Crippen LogP contribution in [-0.4, -0.2) is 10.9 Å². The topological polar surface area (TPSA) is 68.0 Å². The maximum Gasteiger partial charge on any atom is 0.257 e. The van der Waals surface area contributed by atoms with Gasteiger partial charge in [0.15, 0.2) is 0 Å². The molecule has 0 spiro atoms.